The number of aliphatic imine (C=N–C) groups is 1. The van der Waals surface area contributed by atoms with Gasteiger partial charge in [-0.15, -0.1) is 24.0 Å². The molecule has 0 aromatic heterocycles. The summed E-state index contributed by atoms with van der Waals surface area (Å²) in [4.78, 5) is 21.0. The Balaban J connectivity index is 0.00000306. The lowest BCUT2D eigenvalue weighted by atomic mass is 10.1. The number of carbonyl (C=O) groups is 1. The van der Waals surface area contributed by atoms with Crippen molar-refractivity contribution in [3.63, 3.8) is 0 Å². The Hall–Kier alpha value is -1.43. The fourth-order valence-corrected chi connectivity index (χ4v) is 4.15. The van der Waals surface area contributed by atoms with Crippen LogP contribution in [-0.2, 0) is 27.4 Å². The van der Waals surface area contributed by atoms with Gasteiger partial charge < -0.3 is 25.0 Å². The van der Waals surface area contributed by atoms with Crippen LogP contribution in [0.1, 0.15) is 36.8 Å². The number of nitrogens with one attached hydrogen (secondary N) is 2. The van der Waals surface area contributed by atoms with Gasteiger partial charge in [0.1, 0.15) is 0 Å². The van der Waals surface area contributed by atoms with Crippen molar-refractivity contribution >= 4 is 35.8 Å². The normalized spacial score (nSPS) is 20.3. The molecule has 4 rings (SSSR count). The molecule has 2 aliphatic heterocycles. The lowest BCUT2D eigenvalue weighted by Gasteiger charge is -2.36. The van der Waals surface area contributed by atoms with E-state index in [-0.39, 0.29) is 29.9 Å². The number of carbonyl (C=O) groups excluding carboxylic acids is 1. The van der Waals surface area contributed by atoms with Crippen LogP contribution in [0.4, 0.5) is 0 Å². The highest BCUT2D eigenvalue weighted by Crippen LogP contribution is 2.18. The molecule has 2 N–H and O–H groups in total. The number of halogens is 1. The molecular formula is C24H38IN5O3. The van der Waals surface area contributed by atoms with Gasteiger partial charge in [-0.05, 0) is 36.8 Å². The number of hydrogen-bond donors (Lipinski definition) is 2. The first-order valence-corrected chi connectivity index (χ1v) is 11.9. The van der Waals surface area contributed by atoms with Gasteiger partial charge in [-0.3, -0.25) is 14.7 Å². The fourth-order valence-electron chi connectivity index (χ4n) is 4.15. The van der Waals surface area contributed by atoms with Crippen molar-refractivity contribution in [1.29, 1.82) is 0 Å². The van der Waals surface area contributed by atoms with Crippen molar-refractivity contribution < 1.29 is 14.3 Å². The second kappa shape index (κ2) is 13.5. The fraction of sp³-hybridized carbons (Fsp3) is 0.667. The van der Waals surface area contributed by atoms with Gasteiger partial charge in [0.05, 0.1) is 19.3 Å². The molecule has 1 aromatic carbocycles. The van der Waals surface area contributed by atoms with E-state index in [0.717, 1.165) is 77.6 Å². The Labute approximate surface area is 214 Å². The maximum Gasteiger partial charge on any atom is 0.234 e. The quantitative estimate of drug-likeness (QED) is 0.283. The minimum Gasteiger partial charge on any atom is -0.381 e. The Morgan fingerprint density at radius 1 is 1.06 bits per heavy atom. The third kappa shape index (κ3) is 8.70. The van der Waals surface area contributed by atoms with Crippen molar-refractivity contribution in [2.24, 2.45) is 4.99 Å². The summed E-state index contributed by atoms with van der Waals surface area (Å²) in [6.07, 6.45) is 4.57. The van der Waals surface area contributed by atoms with Crippen LogP contribution >= 0.6 is 24.0 Å². The van der Waals surface area contributed by atoms with E-state index in [4.69, 9.17) is 9.47 Å². The van der Waals surface area contributed by atoms with Gasteiger partial charge in [0.25, 0.3) is 0 Å². The topological polar surface area (TPSA) is 78.4 Å². The number of hydrogen-bond acceptors (Lipinski definition) is 5. The van der Waals surface area contributed by atoms with Crippen LogP contribution in [0.5, 0.6) is 0 Å². The number of piperazine rings is 1. The molecule has 1 amide bonds. The number of guanidine groups is 1. The molecule has 0 unspecified atom stereocenters. The standard InChI is InChI=1S/C24H37N5O3.HI/c1-25-24(29-12-10-28(11-13-29)17-23(30)27-21-6-7-21)26-16-19-2-4-20(5-3-19)18-32-22-8-14-31-15-9-22;/h2-5,21-22H,6-18H2,1H3,(H,25,26)(H,27,30);1H. The highest BCUT2D eigenvalue weighted by molar-refractivity contribution is 14.0. The SMILES string of the molecule is CN=C(NCc1ccc(COC2CCOCC2)cc1)N1CCN(CC(=O)NC2CC2)CC1.I. The smallest absolute Gasteiger partial charge is 0.234 e. The second-order valence-corrected chi connectivity index (χ2v) is 8.94. The molecule has 184 valence electrons. The van der Waals surface area contributed by atoms with E-state index >= 15 is 0 Å². The average molecular weight is 572 g/mol. The van der Waals surface area contributed by atoms with E-state index in [0.29, 0.717) is 25.3 Å². The maximum atomic E-state index is 12.0. The molecule has 9 heteroatoms. The zero-order chi connectivity index (χ0) is 22.2. The number of ether oxygens (including phenoxy) is 2. The zero-order valence-corrected chi connectivity index (χ0v) is 22.0. The number of amides is 1. The highest BCUT2D eigenvalue weighted by Gasteiger charge is 2.26. The van der Waals surface area contributed by atoms with Crippen LogP contribution in [0.3, 0.4) is 0 Å². The molecule has 3 fully saturated rings. The first-order chi connectivity index (χ1) is 15.7. The van der Waals surface area contributed by atoms with Crippen LogP contribution in [0.2, 0.25) is 0 Å². The summed E-state index contributed by atoms with van der Waals surface area (Å²) < 4.78 is 11.4. The van der Waals surface area contributed by atoms with Crippen LogP contribution in [-0.4, -0.2) is 86.8 Å². The summed E-state index contributed by atoms with van der Waals surface area (Å²) in [5.74, 6) is 1.07. The minimum atomic E-state index is 0. The molecule has 3 aliphatic rings. The number of rotatable bonds is 8. The van der Waals surface area contributed by atoms with Crippen molar-refractivity contribution in [3.8, 4) is 0 Å². The molecule has 33 heavy (non-hydrogen) atoms. The monoisotopic (exact) mass is 571 g/mol. The molecule has 0 atom stereocenters. The summed E-state index contributed by atoms with van der Waals surface area (Å²) in [6, 6.07) is 9.02. The molecule has 0 spiro atoms. The number of nitrogens with zero attached hydrogens (tertiary/aromatic N) is 3. The Morgan fingerprint density at radius 3 is 2.36 bits per heavy atom. The maximum absolute atomic E-state index is 12.0. The largest absolute Gasteiger partial charge is 0.381 e. The van der Waals surface area contributed by atoms with E-state index in [9.17, 15) is 4.79 Å². The summed E-state index contributed by atoms with van der Waals surface area (Å²) in [6.45, 7) is 7.00. The molecule has 1 aromatic rings. The van der Waals surface area contributed by atoms with Crippen molar-refractivity contribution in [1.82, 2.24) is 20.4 Å². The van der Waals surface area contributed by atoms with Gasteiger partial charge in [0, 0.05) is 59.0 Å². The Morgan fingerprint density at radius 2 is 1.73 bits per heavy atom. The molecular weight excluding hydrogens is 533 g/mol. The molecule has 1 aliphatic carbocycles. The first-order valence-electron chi connectivity index (χ1n) is 11.9. The molecule has 0 radical (unpaired) electrons. The van der Waals surface area contributed by atoms with Crippen LogP contribution in [0, 0.1) is 0 Å². The van der Waals surface area contributed by atoms with Crippen LogP contribution in [0.15, 0.2) is 29.3 Å². The summed E-state index contributed by atoms with van der Waals surface area (Å²) in [7, 11) is 1.83. The lowest BCUT2D eigenvalue weighted by Crippen LogP contribution is -2.54. The van der Waals surface area contributed by atoms with Gasteiger partial charge in [-0.2, -0.15) is 0 Å². The van der Waals surface area contributed by atoms with E-state index in [1.165, 1.54) is 11.1 Å². The first kappa shape index (κ1) is 26.2. The van der Waals surface area contributed by atoms with Gasteiger partial charge in [-0.25, -0.2) is 0 Å². The van der Waals surface area contributed by atoms with Crippen LogP contribution in [0.25, 0.3) is 0 Å². The summed E-state index contributed by atoms with van der Waals surface area (Å²) in [5, 5.41) is 6.55. The van der Waals surface area contributed by atoms with E-state index in [1.54, 1.807) is 0 Å². The van der Waals surface area contributed by atoms with Gasteiger partial charge in [0.2, 0.25) is 5.91 Å². The lowest BCUT2D eigenvalue weighted by molar-refractivity contribution is -0.122. The predicted octanol–water partition coefficient (Wildman–Crippen LogP) is 1.97. The molecule has 2 heterocycles. The highest BCUT2D eigenvalue weighted by atomic mass is 127. The Bertz CT molecular complexity index is 758. The van der Waals surface area contributed by atoms with Gasteiger partial charge in [-0.1, -0.05) is 24.3 Å². The van der Waals surface area contributed by atoms with E-state index < -0.39 is 0 Å². The average Bonchev–Trinajstić information content (AvgIpc) is 3.64. The van der Waals surface area contributed by atoms with Crippen molar-refractivity contribution in [2.45, 2.75) is 51.0 Å². The van der Waals surface area contributed by atoms with Crippen LogP contribution < -0.4 is 10.6 Å². The molecule has 8 nitrogen and oxygen atoms in total. The Kier molecular flexibility index (Phi) is 10.7. The zero-order valence-electron chi connectivity index (χ0n) is 19.6. The molecule has 0 bridgehead atoms. The van der Waals surface area contributed by atoms with E-state index in [1.807, 2.05) is 7.05 Å². The minimum absolute atomic E-state index is 0. The number of benzene rings is 1. The van der Waals surface area contributed by atoms with E-state index in [2.05, 4.69) is 49.7 Å². The molecule has 2 saturated heterocycles. The van der Waals surface area contributed by atoms with Gasteiger partial charge in [0.15, 0.2) is 5.96 Å². The van der Waals surface area contributed by atoms with Gasteiger partial charge >= 0.3 is 0 Å². The molecule has 1 saturated carbocycles. The summed E-state index contributed by atoms with van der Waals surface area (Å²) in [5.41, 5.74) is 2.42. The van der Waals surface area contributed by atoms with Crippen molar-refractivity contribution in [2.75, 3.05) is 53.0 Å². The third-order valence-corrected chi connectivity index (χ3v) is 6.32. The third-order valence-electron chi connectivity index (χ3n) is 6.32. The van der Waals surface area contributed by atoms with Crippen molar-refractivity contribution in [3.05, 3.63) is 35.4 Å². The predicted molar refractivity (Wildman–Crippen MR) is 140 cm³/mol. The second-order valence-electron chi connectivity index (χ2n) is 8.94. The summed E-state index contributed by atoms with van der Waals surface area (Å²) >= 11 is 0.